The van der Waals surface area contributed by atoms with Crippen molar-refractivity contribution in [2.24, 2.45) is 12.8 Å². The lowest BCUT2D eigenvalue weighted by Gasteiger charge is -2.14. The summed E-state index contributed by atoms with van der Waals surface area (Å²) in [5, 5.41) is 7.78. The summed E-state index contributed by atoms with van der Waals surface area (Å²) in [6, 6.07) is 4.48. The fourth-order valence-corrected chi connectivity index (χ4v) is 1.89. The number of rotatable bonds is 6. The Bertz CT molecular complexity index is 570. The zero-order valence-corrected chi connectivity index (χ0v) is 11.7. The predicted octanol–water partition coefficient (Wildman–Crippen LogP) is 1.81. The molecule has 0 bridgehead atoms. The molecule has 0 saturated carbocycles. The molecule has 2 aromatic rings. The number of nitrogens with two attached hydrogens (primary N) is 1. The van der Waals surface area contributed by atoms with Crippen LogP contribution in [0.4, 0.5) is 4.39 Å². The van der Waals surface area contributed by atoms with Crippen LogP contribution in [0.5, 0.6) is 5.75 Å². The molecular weight excluding hydrogens is 259 g/mol. The van der Waals surface area contributed by atoms with E-state index in [0.29, 0.717) is 18.8 Å². The van der Waals surface area contributed by atoms with Crippen molar-refractivity contribution in [1.82, 2.24) is 15.0 Å². The van der Waals surface area contributed by atoms with E-state index in [1.165, 1.54) is 12.1 Å². The highest BCUT2D eigenvalue weighted by atomic mass is 19.1. The first-order valence-electron chi connectivity index (χ1n) is 6.60. The van der Waals surface area contributed by atoms with Gasteiger partial charge >= 0.3 is 0 Å². The molecule has 5 nitrogen and oxygen atoms in total. The van der Waals surface area contributed by atoms with Crippen LogP contribution in [0.15, 0.2) is 24.4 Å². The number of ether oxygens (including phenoxy) is 1. The monoisotopic (exact) mass is 278 g/mol. The molecule has 1 atom stereocenters. The van der Waals surface area contributed by atoms with Gasteiger partial charge in [0.15, 0.2) is 0 Å². The molecule has 108 valence electrons. The second-order valence-corrected chi connectivity index (χ2v) is 4.80. The van der Waals surface area contributed by atoms with Crippen molar-refractivity contribution < 1.29 is 9.13 Å². The van der Waals surface area contributed by atoms with Crippen molar-refractivity contribution in [2.45, 2.75) is 32.4 Å². The minimum Gasteiger partial charge on any atom is -0.487 e. The third kappa shape index (κ3) is 3.77. The van der Waals surface area contributed by atoms with Crippen LogP contribution in [-0.2, 0) is 20.1 Å². The highest BCUT2D eigenvalue weighted by molar-refractivity contribution is 5.34. The minimum atomic E-state index is -0.282. The Morgan fingerprint density at radius 2 is 2.25 bits per heavy atom. The first-order valence-corrected chi connectivity index (χ1v) is 6.60. The molecule has 0 radical (unpaired) electrons. The van der Waals surface area contributed by atoms with E-state index in [2.05, 4.69) is 10.3 Å². The molecular formula is C14H19FN4O. The van der Waals surface area contributed by atoms with Crippen LogP contribution < -0.4 is 10.5 Å². The van der Waals surface area contributed by atoms with E-state index in [-0.39, 0.29) is 11.9 Å². The first-order chi connectivity index (χ1) is 9.58. The van der Waals surface area contributed by atoms with Gasteiger partial charge in [0.25, 0.3) is 0 Å². The van der Waals surface area contributed by atoms with Crippen LogP contribution >= 0.6 is 0 Å². The third-order valence-electron chi connectivity index (χ3n) is 3.05. The van der Waals surface area contributed by atoms with Gasteiger partial charge in [0, 0.05) is 13.1 Å². The van der Waals surface area contributed by atoms with E-state index in [1.54, 1.807) is 24.0 Å². The van der Waals surface area contributed by atoms with E-state index in [9.17, 15) is 4.39 Å². The number of hydrogen-bond donors (Lipinski definition) is 1. The van der Waals surface area contributed by atoms with E-state index >= 15 is 0 Å². The molecule has 0 spiro atoms. The Kier molecular flexibility index (Phi) is 4.68. The van der Waals surface area contributed by atoms with Crippen LogP contribution in [0.1, 0.15) is 24.6 Å². The smallest absolute Gasteiger partial charge is 0.134 e. The van der Waals surface area contributed by atoms with Crippen molar-refractivity contribution in [3.05, 3.63) is 41.5 Å². The maximum absolute atomic E-state index is 13.3. The number of halogens is 1. The van der Waals surface area contributed by atoms with Crippen molar-refractivity contribution in [2.75, 3.05) is 0 Å². The largest absolute Gasteiger partial charge is 0.487 e. The van der Waals surface area contributed by atoms with Gasteiger partial charge in [-0.15, -0.1) is 5.10 Å². The van der Waals surface area contributed by atoms with Crippen molar-refractivity contribution in [3.63, 3.8) is 0 Å². The van der Waals surface area contributed by atoms with E-state index in [4.69, 9.17) is 10.5 Å². The molecule has 2 N–H and O–H groups in total. The van der Waals surface area contributed by atoms with Crippen molar-refractivity contribution in [3.8, 4) is 5.75 Å². The average Bonchev–Trinajstić information content (AvgIpc) is 2.83. The van der Waals surface area contributed by atoms with Gasteiger partial charge in [0.2, 0.25) is 0 Å². The highest BCUT2D eigenvalue weighted by Gasteiger charge is 2.10. The topological polar surface area (TPSA) is 66.0 Å². The van der Waals surface area contributed by atoms with E-state index < -0.39 is 0 Å². The number of benzene rings is 1. The lowest BCUT2D eigenvalue weighted by molar-refractivity contribution is 0.296. The van der Waals surface area contributed by atoms with Crippen LogP contribution in [0.3, 0.4) is 0 Å². The molecule has 0 aliphatic carbocycles. The van der Waals surface area contributed by atoms with Crippen LogP contribution in [0, 0.1) is 5.82 Å². The van der Waals surface area contributed by atoms with Gasteiger partial charge in [-0.3, -0.25) is 4.68 Å². The molecule has 1 heterocycles. The third-order valence-corrected chi connectivity index (χ3v) is 3.05. The SMILES string of the molecule is CCC(N)Cc1cc(F)ccc1OCc1cn(C)nn1. The minimum absolute atomic E-state index is 0.00401. The maximum atomic E-state index is 13.3. The summed E-state index contributed by atoms with van der Waals surface area (Å²) in [4.78, 5) is 0. The van der Waals surface area contributed by atoms with Crippen LogP contribution in [0.25, 0.3) is 0 Å². The van der Waals surface area contributed by atoms with E-state index in [0.717, 1.165) is 17.7 Å². The molecule has 0 saturated heterocycles. The molecule has 0 amide bonds. The maximum Gasteiger partial charge on any atom is 0.134 e. The lowest BCUT2D eigenvalue weighted by Crippen LogP contribution is -2.21. The summed E-state index contributed by atoms with van der Waals surface area (Å²) >= 11 is 0. The van der Waals surface area contributed by atoms with E-state index in [1.807, 2.05) is 6.92 Å². The summed E-state index contributed by atoms with van der Waals surface area (Å²) in [7, 11) is 1.79. The van der Waals surface area contributed by atoms with Gasteiger partial charge in [-0.1, -0.05) is 12.1 Å². The Labute approximate surface area is 117 Å². The van der Waals surface area contributed by atoms with Gasteiger partial charge in [0.05, 0.1) is 6.20 Å². The molecule has 6 heteroatoms. The summed E-state index contributed by atoms with van der Waals surface area (Å²) < 4.78 is 20.7. The second kappa shape index (κ2) is 6.47. The zero-order valence-electron chi connectivity index (χ0n) is 11.7. The van der Waals surface area contributed by atoms with Gasteiger partial charge in [-0.2, -0.15) is 0 Å². The molecule has 1 aromatic carbocycles. The summed E-state index contributed by atoms with van der Waals surface area (Å²) in [5.74, 6) is 0.358. The fraction of sp³-hybridized carbons (Fsp3) is 0.429. The number of aryl methyl sites for hydroxylation is 1. The summed E-state index contributed by atoms with van der Waals surface area (Å²) in [6.45, 7) is 2.30. The molecule has 2 rings (SSSR count). The van der Waals surface area contributed by atoms with Gasteiger partial charge < -0.3 is 10.5 Å². The molecule has 1 aromatic heterocycles. The van der Waals surface area contributed by atoms with Crippen LogP contribution in [-0.4, -0.2) is 21.0 Å². The van der Waals surface area contributed by atoms with Crippen molar-refractivity contribution >= 4 is 0 Å². The Morgan fingerprint density at radius 3 is 2.90 bits per heavy atom. The quantitative estimate of drug-likeness (QED) is 0.875. The number of nitrogens with zero attached hydrogens (tertiary/aromatic N) is 3. The molecule has 0 fully saturated rings. The molecule has 20 heavy (non-hydrogen) atoms. The highest BCUT2D eigenvalue weighted by Crippen LogP contribution is 2.22. The molecule has 1 unspecified atom stereocenters. The standard InChI is InChI=1S/C14H19FN4O/c1-3-12(16)7-10-6-11(15)4-5-14(10)20-9-13-8-19(2)18-17-13/h4-6,8,12H,3,7,9,16H2,1-2H3. The zero-order chi connectivity index (χ0) is 14.5. The predicted molar refractivity (Wildman–Crippen MR) is 73.7 cm³/mol. The molecule has 0 aliphatic heterocycles. The summed E-state index contributed by atoms with van der Waals surface area (Å²) in [6.07, 6.45) is 3.20. The van der Waals surface area contributed by atoms with Gasteiger partial charge in [0.1, 0.15) is 23.9 Å². The average molecular weight is 278 g/mol. The summed E-state index contributed by atoms with van der Waals surface area (Å²) in [5.41, 5.74) is 7.44. The Balaban J connectivity index is 2.09. The fourth-order valence-electron chi connectivity index (χ4n) is 1.89. The Hall–Kier alpha value is -1.95. The first kappa shape index (κ1) is 14.5. The number of hydrogen-bond acceptors (Lipinski definition) is 4. The lowest BCUT2D eigenvalue weighted by atomic mass is 10.0. The number of aromatic nitrogens is 3. The normalized spacial score (nSPS) is 12.4. The molecule has 0 aliphatic rings. The second-order valence-electron chi connectivity index (χ2n) is 4.80. The van der Waals surface area contributed by atoms with Gasteiger partial charge in [-0.05, 0) is 36.6 Å². The van der Waals surface area contributed by atoms with Crippen molar-refractivity contribution in [1.29, 1.82) is 0 Å². The van der Waals surface area contributed by atoms with Gasteiger partial charge in [-0.25, -0.2) is 4.39 Å². The van der Waals surface area contributed by atoms with Crippen LogP contribution in [0.2, 0.25) is 0 Å². The Morgan fingerprint density at radius 1 is 1.45 bits per heavy atom.